The summed E-state index contributed by atoms with van der Waals surface area (Å²) in [5.41, 5.74) is 1.67. The summed E-state index contributed by atoms with van der Waals surface area (Å²) >= 11 is 0. The molecule has 5 nitrogen and oxygen atoms in total. The quantitative estimate of drug-likeness (QED) is 0.537. The first-order valence-electron chi connectivity index (χ1n) is 10.5. The third-order valence-electron chi connectivity index (χ3n) is 6.86. The van der Waals surface area contributed by atoms with E-state index in [1.165, 1.54) is 0 Å². The lowest BCUT2D eigenvalue weighted by atomic mass is 9.85. The van der Waals surface area contributed by atoms with Gasteiger partial charge in [-0.25, -0.2) is 4.79 Å². The zero-order valence-corrected chi connectivity index (χ0v) is 18.8. The second-order valence-electron chi connectivity index (χ2n) is 9.61. The number of hydrogen-bond acceptors (Lipinski definition) is 5. The van der Waals surface area contributed by atoms with Crippen molar-refractivity contribution in [2.75, 3.05) is 13.2 Å². The van der Waals surface area contributed by atoms with Gasteiger partial charge < -0.3 is 9.16 Å². The largest absolute Gasteiger partial charge is 0.463 e. The van der Waals surface area contributed by atoms with Gasteiger partial charge in [-0.15, -0.1) is 0 Å². The van der Waals surface area contributed by atoms with Crippen LogP contribution in [0.25, 0.3) is 0 Å². The maximum Gasteiger partial charge on any atom is 0.335 e. The molecule has 3 atom stereocenters. The van der Waals surface area contributed by atoms with Gasteiger partial charge in [0.2, 0.25) is 0 Å². The summed E-state index contributed by atoms with van der Waals surface area (Å²) in [4.78, 5) is 28.1. The van der Waals surface area contributed by atoms with Crippen molar-refractivity contribution < 1.29 is 18.8 Å². The molecular weight excluding hydrogens is 358 g/mol. The number of ether oxygens (including phenoxy) is 1. The van der Waals surface area contributed by atoms with E-state index in [0.717, 1.165) is 37.0 Å². The van der Waals surface area contributed by atoms with Crippen LogP contribution in [0.4, 0.5) is 0 Å². The molecule has 0 radical (unpaired) electrons. The number of fused-ring (bicyclic) bond motifs is 3. The Morgan fingerprint density at radius 1 is 1.22 bits per heavy atom. The summed E-state index contributed by atoms with van der Waals surface area (Å²) in [5.74, 6) is -0.00305. The Bertz CT molecular complexity index is 649. The van der Waals surface area contributed by atoms with E-state index in [1.807, 2.05) is 6.92 Å². The van der Waals surface area contributed by atoms with Crippen molar-refractivity contribution in [1.82, 2.24) is 4.90 Å². The van der Waals surface area contributed by atoms with Gasteiger partial charge in [0.15, 0.2) is 14.1 Å². The minimum absolute atomic E-state index is 0.0189. The van der Waals surface area contributed by atoms with Crippen LogP contribution < -0.4 is 0 Å². The molecule has 3 unspecified atom stereocenters. The number of piperidine rings is 1. The Balaban J connectivity index is 2.04. The molecule has 0 N–H and O–H groups in total. The molecule has 152 valence electrons. The van der Waals surface area contributed by atoms with Gasteiger partial charge in [-0.2, -0.15) is 0 Å². The van der Waals surface area contributed by atoms with E-state index >= 15 is 0 Å². The summed E-state index contributed by atoms with van der Waals surface area (Å²) in [6.07, 6.45) is 4.17. The van der Waals surface area contributed by atoms with Crippen LogP contribution in [0.15, 0.2) is 11.1 Å². The highest BCUT2D eigenvalue weighted by Crippen LogP contribution is 2.46. The molecule has 2 heterocycles. The normalized spacial score (nSPS) is 29.6. The zero-order valence-electron chi connectivity index (χ0n) is 17.8. The van der Waals surface area contributed by atoms with E-state index in [0.29, 0.717) is 19.4 Å². The molecule has 0 aromatic carbocycles. The van der Waals surface area contributed by atoms with Crippen molar-refractivity contribution in [3.63, 3.8) is 0 Å². The number of carbonyl (C=O) groups excluding carboxylic acids is 2. The number of Topliss-reactive ketones (excluding diaryl/α,β-unsaturated/α-hetero) is 1. The monoisotopic (exact) mass is 393 g/mol. The molecular formula is C21H35NO4Si. The summed E-state index contributed by atoms with van der Waals surface area (Å²) in [5, 5.41) is 0.0836. The molecule has 1 saturated heterocycles. The fourth-order valence-electron chi connectivity index (χ4n) is 4.48. The highest BCUT2D eigenvalue weighted by atomic mass is 28.4. The number of esters is 1. The van der Waals surface area contributed by atoms with Crippen molar-refractivity contribution >= 4 is 20.1 Å². The molecule has 0 bridgehead atoms. The first-order chi connectivity index (χ1) is 12.6. The molecule has 1 saturated carbocycles. The first kappa shape index (κ1) is 20.7. The zero-order chi connectivity index (χ0) is 20.0. The molecule has 0 aromatic rings. The maximum absolute atomic E-state index is 12.9. The number of carbonyl (C=O) groups is 2. The SMILES string of the molecule is CCOC(=O)C1=C2C(O[Si](C)(C)C(C)(C)C)CCC(=O)C2N2CCCCC12. The van der Waals surface area contributed by atoms with Gasteiger partial charge in [-0.1, -0.05) is 27.2 Å². The van der Waals surface area contributed by atoms with E-state index in [-0.39, 0.29) is 35.0 Å². The third-order valence-corrected chi connectivity index (χ3v) is 11.3. The van der Waals surface area contributed by atoms with E-state index in [2.05, 4.69) is 38.8 Å². The van der Waals surface area contributed by atoms with E-state index in [9.17, 15) is 9.59 Å². The van der Waals surface area contributed by atoms with Crippen molar-refractivity contribution in [3.8, 4) is 0 Å². The van der Waals surface area contributed by atoms with E-state index in [4.69, 9.17) is 9.16 Å². The van der Waals surface area contributed by atoms with Gasteiger partial charge in [0.25, 0.3) is 0 Å². The molecule has 6 heteroatoms. The fraction of sp³-hybridized carbons (Fsp3) is 0.810. The highest BCUT2D eigenvalue weighted by Gasteiger charge is 2.53. The molecule has 0 amide bonds. The molecule has 0 aromatic heterocycles. The van der Waals surface area contributed by atoms with Crippen molar-refractivity contribution in [2.24, 2.45) is 0 Å². The molecule has 2 aliphatic heterocycles. The van der Waals surface area contributed by atoms with Gasteiger partial charge in [0, 0.05) is 12.5 Å². The Morgan fingerprint density at radius 3 is 2.56 bits per heavy atom. The highest BCUT2D eigenvalue weighted by molar-refractivity contribution is 6.74. The van der Waals surface area contributed by atoms with Gasteiger partial charge in [0.05, 0.1) is 24.3 Å². The number of hydrogen-bond donors (Lipinski definition) is 0. The summed E-state index contributed by atoms with van der Waals surface area (Å²) < 4.78 is 12.2. The summed E-state index contributed by atoms with van der Waals surface area (Å²) in [6, 6.07) is -0.261. The predicted molar refractivity (Wildman–Crippen MR) is 108 cm³/mol. The van der Waals surface area contributed by atoms with Gasteiger partial charge in [-0.3, -0.25) is 9.69 Å². The van der Waals surface area contributed by atoms with Crippen LogP contribution in [0.2, 0.25) is 18.1 Å². The van der Waals surface area contributed by atoms with Crippen LogP contribution in [0.1, 0.15) is 59.8 Å². The smallest absolute Gasteiger partial charge is 0.335 e. The van der Waals surface area contributed by atoms with Gasteiger partial charge >= 0.3 is 5.97 Å². The topological polar surface area (TPSA) is 55.8 Å². The van der Waals surface area contributed by atoms with Crippen LogP contribution in [-0.4, -0.2) is 56.3 Å². The molecule has 3 rings (SSSR count). The van der Waals surface area contributed by atoms with Crippen LogP contribution in [-0.2, 0) is 18.8 Å². The van der Waals surface area contributed by atoms with E-state index < -0.39 is 8.32 Å². The number of nitrogens with zero attached hydrogens (tertiary/aromatic N) is 1. The Morgan fingerprint density at radius 2 is 1.93 bits per heavy atom. The average molecular weight is 394 g/mol. The lowest BCUT2D eigenvalue weighted by Gasteiger charge is -2.43. The van der Waals surface area contributed by atoms with E-state index in [1.54, 1.807) is 0 Å². The Labute approximate surface area is 164 Å². The second kappa shape index (κ2) is 7.45. The fourth-order valence-corrected chi connectivity index (χ4v) is 5.79. The summed E-state index contributed by atoms with van der Waals surface area (Å²) in [7, 11) is -2.02. The molecule has 2 fully saturated rings. The lowest BCUT2D eigenvalue weighted by Crippen LogP contribution is -2.51. The Hall–Kier alpha value is -0.983. The minimum Gasteiger partial charge on any atom is -0.463 e. The van der Waals surface area contributed by atoms with Crippen molar-refractivity contribution in [3.05, 3.63) is 11.1 Å². The van der Waals surface area contributed by atoms with Crippen LogP contribution in [0.5, 0.6) is 0 Å². The van der Waals surface area contributed by atoms with Crippen LogP contribution in [0, 0.1) is 0 Å². The lowest BCUT2D eigenvalue weighted by molar-refractivity contribution is -0.139. The minimum atomic E-state index is -2.02. The molecule has 0 spiro atoms. The standard InChI is InChI=1S/C21H35NO4Si/c1-7-25-20(24)17-14-10-8-9-13-22(14)19-15(23)11-12-16(18(17)19)26-27(5,6)21(2,3)4/h14,16,19H,7-13H2,1-6H3. The molecule has 3 aliphatic rings. The van der Waals surface area contributed by atoms with Crippen molar-refractivity contribution in [2.45, 2.75) is 96.1 Å². The van der Waals surface area contributed by atoms with Crippen LogP contribution in [0.3, 0.4) is 0 Å². The molecule has 27 heavy (non-hydrogen) atoms. The van der Waals surface area contributed by atoms with Gasteiger partial charge in [0.1, 0.15) is 0 Å². The first-order valence-corrected chi connectivity index (χ1v) is 13.4. The summed E-state index contributed by atoms with van der Waals surface area (Å²) in [6.45, 7) is 14.2. The van der Waals surface area contributed by atoms with Crippen LogP contribution >= 0.6 is 0 Å². The average Bonchev–Trinajstić information content (AvgIpc) is 2.93. The Kier molecular flexibility index (Phi) is 5.72. The van der Waals surface area contributed by atoms with Crippen molar-refractivity contribution in [1.29, 1.82) is 0 Å². The number of rotatable bonds is 4. The maximum atomic E-state index is 12.9. The number of ketones is 1. The molecule has 1 aliphatic carbocycles. The predicted octanol–water partition coefficient (Wildman–Crippen LogP) is 3.84. The second-order valence-corrected chi connectivity index (χ2v) is 14.4. The van der Waals surface area contributed by atoms with Gasteiger partial charge in [-0.05, 0) is 56.4 Å². The third kappa shape index (κ3) is 3.68.